The third kappa shape index (κ3) is 3.97. The largest absolute Gasteiger partial charge is 0.500 e. The third-order valence-corrected chi connectivity index (χ3v) is 3.23. The molecule has 0 aliphatic carbocycles. The van der Waals surface area contributed by atoms with Gasteiger partial charge in [-0.15, -0.1) is 0 Å². The van der Waals surface area contributed by atoms with Crippen molar-refractivity contribution < 1.29 is 32.2 Å². The molecule has 0 heterocycles. The molecule has 0 spiro atoms. The van der Waals surface area contributed by atoms with Crippen LogP contribution in [0, 0.1) is 17.5 Å². The fourth-order valence-corrected chi connectivity index (χ4v) is 1.94. The molecule has 0 radical (unpaired) electrons. The lowest BCUT2D eigenvalue weighted by Gasteiger charge is -2.11. The minimum Gasteiger partial charge on any atom is -0.500 e. The van der Waals surface area contributed by atoms with Gasteiger partial charge in [0.1, 0.15) is 16.9 Å². The average Bonchev–Trinajstić information content (AvgIpc) is 2.52. The molecule has 126 valence electrons. The Labute approximate surface area is 139 Å². The first-order chi connectivity index (χ1) is 10.8. The SMILES string of the molecule is CCOC=C(C(=O)OCC)C(=O)c1c(F)c(Cl)c(F)c(F)c1Cl. The zero-order valence-corrected chi connectivity index (χ0v) is 13.5. The molecule has 0 N–H and O–H groups in total. The molecule has 0 aliphatic heterocycles. The van der Waals surface area contributed by atoms with Gasteiger partial charge in [-0.05, 0) is 13.8 Å². The van der Waals surface area contributed by atoms with E-state index in [9.17, 15) is 22.8 Å². The van der Waals surface area contributed by atoms with E-state index in [0.29, 0.717) is 0 Å². The molecule has 0 unspecified atom stereocenters. The van der Waals surface area contributed by atoms with Crippen LogP contribution in [0.5, 0.6) is 0 Å². The van der Waals surface area contributed by atoms with Crippen molar-refractivity contribution in [2.45, 2.75) is 13.8 Å². The molecule has 0 aromatic heterocycles. The summed E-state index contributed by atoms with van der Waals surface area (Å²) in [6, 6.07) is 0. The maximum absolute atomic E-state index is 14.0. The van der Waals surface area contributed by atoms with Crippen molar-refractivity contribution in [2.75, 3.05) is 13.2 Å². The van der Waals surface area contributed by atoms with Gasteiger partial charge in [-0.3, -0.25) is 4.79 Å². The van der Waals surface area contributed by atoms with Gasteiger partial charge in [0.2, 0.25) is 5.78 Å². The van der Waals surface area contributed by atoms with E-state index >= 15 is 0 Å². The summed E-state index contributed by atoms with van der Waals surface area (Å²) in [7, 11) is 0. The van der Waals surface area contributed by atoms with Crippen molar-refractivity contribution in [1.82, 2.24) is 0 Å². The first-order valence-corrected chi connectivity index (χ1v) is 7.08. The van der Waals surface area contributed by atoms with Gasteiger partial charge in [0, 0.05) is 0 Å². The first-order valence-electron chi connectivity index (χ1n) is 6.32. The van der Waals surface area contributed by atoms with Gasteiger partial charge in [0.25, 0.3) is 0 Å². The summed E-state index contributed by atoms with van der Waals surface area (Å²) in [5.41, 5.74) is -1.83. The molecule has 0 aliphatic rings. The zero-order chi connectivity index (χ0) is 17.7. The van der Waals surface area contributed by atoms with Crippen molar-refractivity contribution in [3.63, 3.8) is 0 Å². The first kappa shape index (κ1) is 19.3. The van der Waals surface area contributed by atoms with Crippen LogP contribution in [0.1, 0.15) is 24.2 Å². The molecular formula is C14H11Cl2F3O4. The van der Waals surface area contributed by atoms with E-state index in [1.807, 2.05) is 0 Å². The molecule has 0 saturated carbocycles. The number of Topliss-reactive ketones (excluding diaryl/α,β-unsaturated/α-hetero) is 1. The summed E-state index contributed by atoms with van der Waals surface area (Å²) in [6.07, 6.45) is 0.727. The summed E-state index contributed by atoms with van der Waals surface area (Å²) in [4.78, 5) is 24.1. The number of esters is 1. The zero-order valence-electron chi connectivity index (χ0n) is 12.0. The van der Waals surface area contributed by atoms with E-state index in [0.717, 1.165) is 6.26 Å². The second-order valence-corrected chi connectivity index (χ2v) is 4.74. The Kier molecular flexibility index (Phi) is 6.90. The molecule has 1 aromatic rings. The van der Waals surface area contributed by atoms with E-state index in [2.05, 4.69) is 4.74 Å². The number of rotatable bonds is 6. The van der Waals surface area contributed by atoms with Crippen LogP contribution < -0.4 is 0 Å². The highest BCUT2D eigenvalue weighted by atomic mass is 35.5. The molecule has 9 heteroatoms. The molecule has 0 amide bonds. The smallest absolute Gasteiger partial charge is 0.345 e. The minimum absolute atomic E-state index is 0.0790. The van der Waals surface area contributed by atoms with Gasteiger partial charge < -0.3 is 9.47 Å². The Morgan fingerprint density at radius 2 is 1.57 bits per heavy atom. The lowest BCUT2D eigenvalue weighted by molar-refractivity contribution is -0.138. The van der Waals surface area contributed by atoms with Gasteiger partial charge in [-0.1, -0.05) is 23.2 Å². The Morgan fingerprint density at radius 1 is 1.00 bits per heavy atom. The molecule has 23 heavy (non-hydrogen) atoms. The number of hydrogen-bond acceptors (Lipinski definition) is 4. The van der Waals surface area contributed by atoms with Gasteiger partial charge in [0.05, 0.1) is 23.8 Å². The van der Waals surface area contributed by atoms with Gasteiger partial charge in [0.15, 0.2) is 17.5 Å². The lowest BCUT2D eigenvalue weighted by atomic mass is 10.0. The predicted molar refractivity (Wildman–Crippen MR) is 77.0 cm³/mol. The standard InChI is InChI=1S/C14H11Cl2F3O4/c1-3-22-5-6(14(21)23-4-2)13(20)7-8(15)11(18)12(19)9(16)10(7)17/h5H,3-4H2,1-2H3. The van der Waals surface area contributed by atoms with Crippen molar-refractivity contribution >= 4 is 35.0 Å². The molecule has 1 aromatic carbocycles. The molecule has 4 nitrogen and oxygen atoms in total. The predicted octanol–water partition coefficient (Wildman–Crippen LogP) is 4.08. The number of carbonyl (C=O) groups is 2. The monoisotopic (exact) mass is 370 g/mol. The van der Waals surface area contributed by atoms with Crippen molar-refractivity contribution in [2.24, 2.45) is 0 Å². The minimum atomic E-state index is -1.74. The molecule has 0 atom stereocenters. The van der Waals surface area contributed by atoms with E-state index < -0.39 is 50.4 Å². The van der Waals surface area contributed by atoms with Crippen molar-refractivity contribution in [1.29, 1.82) is 0 Å². The van der Waals surface area contributed by atoms with E-state index in [4.69, 9.17) is 27.9 Å². The summed E-state index contributed by atoms with van der Waals surface area (Å²) in [6.45, 7) is 3.05. The summed E-state index contributed by atoms with van der Waals surface area (Å²) in [5.74, 6) is -7.52. The molecule has 0 bridgehead atoms. The van der Waals surface area contributed by atoms with Gasteiger partial charge in [-0.2, -0.15) is 0 Å². The Morgan fingerprint density at radius 3 is 2.09 bits per heavy atom. The maximum atomic E-state index is 14.0. The fourth-order valence-electron chi connectivity index (χ4n) is 1.51. The number of ether oxygens (including phenoxy) is 2. The Bertz CT molecular complexity index is 645. The van der Waals surface area contributed by atoms with E-state index in [-0.39, 0.29) is 13.2 Å². The lowest BCUT2D eigenvalue weighted by Crippen LogP contribution is -2.19. The normalized spacial score (nSPS) is 11.3. The second kappa shape index (κ2) is 8.21. The highest BCUT2D eigenvalue weighted by molar-refractivity contribution is 6.38. The van der Waals surface area contributed by atoms with Crippen LogP contribution in [0.4, 0.5) is 13.2 Å². The summed E-state index contributed by atoms with van der Waals surface area (Å²) >= 11 is 10.8. The number of carbonyl (C=O) groups excluding carboxylic acids is 2. The topological polar surface area (TPSA) is 52.6 Å². The third-order valence-electron chi connectivity index (χ3n) is 2.54. The maximum Gasteiger partial charge on any atom is 0.345 e. The highest BCUT2D eigenvalue weighted by Gasteiger charge is 2.32. The molecule has 1 rings (SSSR count). The van der Waals surface area contributed by atoms with E-state index in [1.165, 1.54) is 6.92 Å². The molecular weight excluding hydrogens is 360 g/mol. The van der Waals surface area contributed by atoms with Crippen LogP contribution in [-0.4, -0.2) is 25.0 Å². The van der Waals surface area contributed by atoms with Crippen LogP contribution >= 0.6 is 23.2 Å². The Balaban J connectivity index is 3.49. The van der Waals surface area contributed by atoms with Crippen LogP contribution in [0.25, 0.3) is 0 Å². The summed E-state index contributed by atoms with van der Waals surface area (Å²) < 4.78 is 50.4. The molecule has 0 saturated heterocycles. The number of halogens is 5. The van der Waals surface area contributed by atoms with Crippen LogP contribution in [0.3, 0.4) is 0 Å². The fraction of sp³-hybridized carbons (Fsp3) is 0.286. The van der Waals surface area contributed by atoms with Crippen LogP contribution in [0.2, 0.25) is 10.0 Å². The molecule has 0 fully saturated rings. The Hall–Kier alpha value is -1.73. The highest BCUT2D eigenvalue weighted by Crippen LogP contribution is 2.33. The van der Waals surface area contributed by atoms with Gasteiger partial charge in [-0.25, -0.2) is 18.0 Å². The summed E-state index contributed by atoms with van der Waals surface area (Å²) in [5, 5.41) is -2.39. The second-order valence-electron chi connectivity index (χ2n) is 3.98. The van der Waals surface area contributed by atoms with Gasteiger partial charge >= 0.3 is 5.97 Å². The van der Waals surface area contributed by atoms with Crippen LogP contribution in [0.15, 0.2) is 11.8 Å². The van der Waals surface area contributed by atoms with Crippen molar-refractivity contribution in [3.8, 4) is 0 Å². The average molecular weight is 371 g/mol. The number of hydrogen-bond donors (Lipinski definition) is 0. The number of ketones is 1. The van der Waals surface area contributed by atoms with Crippen LogP contribution in [-0.2, 0) is 14.3 Å². The quantitative estimate of drug-likeness (QED) is 0.111. The number of benzene rings is 1. The van der Waals surface area contributed by atoms with Crippen molar-refractivity contribution in [3.05, 3.63) is 44.9 Å². The van der Waals surface area contributed by atoms with E-state index in [1.54, 1.807) is 6.92 Å².